The predicted octanol–water partition coefficient (Wildman–Crippen LogP) is 3.26. The number of rotatable bonds is 3. The molecule has 4 heteroatoms. The molecule has 0 aliphatic rings. The van der Waals surface area contributed by atoms with E-state index in [-0.39, 0.29) is 6.04 Å². The standard InChI is InChI=1S/C14H18N2O2/c1-8(2)9(3)16-10(4)15-12-7-5-6-11(13(12)16)14(17)18/h5-9H,1-4H3,(H,17,18). The minimum atomic E-state index is -0.905. The van der Waals surface area contributed by atoms with Crippen molar-refractivity contribution in [3.05, 3.63) is 29.6 Å². The maximum Gasteiger partial charge on any atom is 0.337 e. The zero-order valence-corrected chi connectivity index (χ0v) is 11.1. The molecule has 0 amide bonds. The van der Waals surface area contributed by atoms with Crippen LogP contribution in [-0.4, -0.2) is 20.6 Å². The molecular formula is C14H18N2O2. The number of hydrogen-bond donors (Lipinski definition) is 1. The molecule has 2 aromatic rings. The van der Waals surface area contributed by atoms with Crippen molar-refractivity contribution < 1.29 is 9.90 Å². The van der Waals surface area contributed by atoms with Crippen LogP contribution >= 0.6 is 0 Å². The van der Waals surface area contributed by atoms with Gasteiger partial charge in [-0.15, -0.1) is 0 Å². The molecule has 1 unspecified atom stereocenters. The van der Waals surface area contributed by atoms with Crippen LogP contribution in [0.2, 0.25) is 0 Å². The lowest BCUT2D eigenvalue weighted by Crippen LogP contribution is -2.14. The first-order valence-electron chi connectivity index (χ1n) is 6.14. The number of benzene rings is 1. The van der Waals surface area contributed by atoms with Gasteiger partial charge in [0.2, 0.25) is 0 Å². The van der Waals surface area contributed by atoms with E-state index < -0.39 is 5.97 Å². The van der Waals surface area contributed by atoms with Crippen LogP contribution in [-0.2, 0) is 0 Å². The molecule has 2 rings (SSSR count). The fraction of sp³-hybridized carbons (Fsp3) is 0.429. The Labute approximate surface area is 106 Å². The Hall–Kier alpha value is -1.84. The summed E-state index contributed by atoms with van der Waals surface area (Å²) in [6.45, 7) is 8.26. The van der Waals surface area contributed by atoms with Gasteiger partial charge in [-0.25, -0.2) is 9.78 Å². The van der Waals surface area contributed by atoms with Crippen molar-refractivity contribution in [2.45, 2.75) is 33.7 Å². The van der Waals surface area contributed by atoms with Gasteiger partial charge in [0.05, 0.1) is 16.6 Å². The van der Waals surface area contributed by atoms with E-state index in [1.807, 2.05) is 17.6 Å². The average molecular weight is 246 g/mol. The Morgan fingerprint density at radius 3 is 2.56 bits per heavy atom. The van der Waals surface area contributed by atoms with Gasteiger partial charge in [-0.3, -0.25) is 0 Å². The Morgan fingerprint density at radius 1 is 1.33 bits per heavy atom. The summed E-state index contributed by atoms with van der Waals surface area (Å²) in [5.41, 5.74) is 1.80. The number of para-hydroxylation sites is 1. The molecule has 0 saturated heterocycles. The lowest BCUT2D eigenvalue weighted by atomic mass is 10.1. The van der Waals surface area contributed by atoms with Crippen LogP contribution in [0.1, 0.15) is 43.0 Å². The summed E-state index contributed by atoms with van der Waals surface area (Å²) in [4.78, 5) is 15.8. The van der Waals surface area contributed by atoms with Crippen molar-refractivity contribution in [3.63, 3.8) is 0 Å². The van der Waals surface area contributed by atoms with E-state index in [1.165, 1.54) is 0 Å². The summed E-state index contributed by atoms with van der Waals surface area (Å²) < 4.78 is 2.03. The Balaban J connectivity index is 2.79. The topological polar surface area (TPSA) is 55.1 Å². The second kappa shape index (κ2) is 4.44. The summed E-state index contributed by atoms with van der Waals surface area (Å²) >= 11 is 0. The molecule has 1 heterocycles. The number of imidazole rings is 1. The van der Waals surface area contributed by atoms with Gasteiger partial charge in [0.1, 0.15) is 5.82 Å². The number of fused-ring (bicyclic) bond motifs is 1. The number of aryl methyl sites for hydroxylation is 1. The fourth-order valence-corrected chi connectivity index (χ4v) is 2.23. The van der Waals surface area contributed by atoms with Crippen LogP contribution in [0, 0.1) is 12.8 Å². The van der Waals surface area contributed by atoms with Crippen LogP contribution in [0.15, 0.2) is 18.2 Å². The molecule has 4 nitrogen and oxygen atoms in total. The fourth-order valence-electron chi connectivity index (χ4n) is 2.23. The summed E-state index contributed by atoms with van der Waals surface area (Å²) in [6, 6.07) is 5.45. The molecule has 0 aliphatic heterocycles. The maximum absolute atomic E-state index is 11.3. The lowest BCUT2D eigenvalue weighted by molar-refractivity contribution is 0.0698. The van der Waals surface area contributed by atoms with E-state index in [0.717, 1.165) is 16.9 Å². The van der Waals surface area contributed by atoms with E-state index in [9.17, 15) is 9.90 Å². The van der Waals surface area contributed by atoms with Gasteiger partial charge >= 0.3 is 5.97 Å². The zero-order chi connectivity index (χ0) is 13.4. The molecule has 96 valence electrons. The zero-order valence-electron chi connectivity index (χ0n) is 11.1. The van der Waals surface area contributed by atoms with Crippen LogP contribution in [0.25, 0.3) is 11.0 Å². The number of nitrogens with zero attached hydrogens (tertiary/aromatic N) is 2. The smallest absolute Gasteiger partial charge is 0.337 e. The molecule has 1 aromatic heterocycles. The van der Waals surface area contributed by atoms with Crippen molar-refractivity contribution in [2.75, 3.05) is 0 Å². The van der Waals surface area contributed by atoms with Gasteiger partial charge in [0.25, 0.3) is 0 Å². The van der Waals surface area contributed by atoms with Crippen molar-refractivity contribution in [1.29, 1.82) is 0 Å². The Bertz CT molecular complexity index is 599. The van der Waals surface area contributed by atoms with E-state index in [2.05, 4.69) is 25.8 Å². The van der Waals surface area contributed by atoms with Crippen LogP contribution in [0.4, 0.5) is 0 Å². The number of aromatic nitrogens is 2. The first-order chi connectivity index (χ1) is 8.43. The van der Waals surface area contributed by atoms with E-state index in [1.54, 1.807) is 12.1 Å². The molecule has 18 heavy (non-hydrogen) atoms. The summed E-state index contributed by atoms with van der Waals surface area (Å²) in [5, 5.41) is 9.30. The highest BCUT2D eigenvalue weighted by Crippen LogP contribution is 2.27. The second-order valence-electron chi connectivity index (χ2n) is 4.99. The SMILES string of the molecule is Cc1nc2cccc(C(=O)O)c2n1C(C)C(C)C. The first kappa shape index (κ1) is 12.6. The lowest BCUT2D eigenvalue weighted by Gasteiger charge is -2.20. The van der Waals surface area contributed by atoms with Gasteiger partial charge in [0.15, 0.2) is 0 Å². The van der Waals surface area contributed by atoms with Crippen molar-refractivity contribution in [3.8, 4) is 0 Å². The molecule has 0 bridgehead atoms. The van der Waals surface area contributed by atoms with Gasteiger partial charge in [-0.1, -0.05) is 19.9 Å². The third-order valence-electron chi connectivity index (χ3n) is 3.49. The second-order valence-corrected chi connectivity index (χ2v) is 4.99. The number of aromatic carboxylic acids is 1. The van der Waals surface area contributed by atoms with E-state index in [0.29, 0.717) is 11.5 Å². The largest absolute Gasteiger partial charge is 0.478 e. The van der Waals surface area contributed by atoms with Crippen molar-refractivity contribution >= 4 is 17.0 Å². The number of hydrogen-bond acceptors (Lipinski definition) is 2. The molecule has 0 fully saturated rings. The third kappa shape index (κ3) is 1.88. The maximum atomic E-state index is 11.3. The monoisotopic (exact) mass is 246 g/mol. The highest BCUT2D eigenvalue weighted by atomic mass is 16.4. The number of carbonyl (C=O) groups is 1. The van der Waals surface area contributed by atoms with Gasteiger partial charge in [-0.05, 0) is 31.9 Å². The predicted molar refractivity (Wildman–Crippen MR) is 71.0 cm³/mol. The third-order valence-corrected chi connectivity index (χ3v) is 3.49. The van der Waals surface area contributed by atoms with Crippen LogP contribution in [0.5, 0.6) is 0 Å². The van der Waals surface area contributed by atoms with Gasteiger partial charge < -0.3 is 9.67 Å². The quantitative estimate of drug-likeness (QED) is 0.904. The summed E-state index contributed by atoms with van der Waals surface area (Å²) in [5.74, 6) is 0.376. The van der Waals surface area contributed by atoms with Crippen LogP contribution in [0.3, 0.4) is 0 Å². The molecule has 1 atom stereocenters. The van der Waals surface area contributed by atoms with Gasteiger partial charge in [-0.2, -0.15) is 0 Å². The van der Waals surface area contributed by atoms with Crippen molar-refractivity contribution in [1.82, 2.24) is 9.55 Å². The Morgan fingerprint density at radius 2 is 2.00 bits per heavy atom. The Kier molecular flexibility index (Phi) is 3.11. The molecular weight excluding hydrogens is 228 g/mol. The summed E-state index contributed by atoms with van der Waals surface area (Å²) in [6.07, 6.45) is 0. The molecule has 1 aromatic carbocycles. The minimum absolute atomic E-state index is 0.218. The number of carboxylic acids is 1. The molecule has 0 radical (unpaired) electrons. The van der Waals surface area contributed by atoms with Gasteiger partial charge in [0, 0.05) is 6.04 Å². The van der Waals surface area contributed by atoms with E-state index in [4.69, 9.17) is 0 Å². The van der Waals surface area contributed by atoms with E-state index >= 15 is 0 Å². The highest BCUT2D eigenvalue weighted by Gasteiger charge is 2.20. The summed E-state index contributed by atoms with van der Waals surface area (Å²) in [7, 11) is 0. The first-order valence-corrected chi connectivity index (χ1v) is 6.14. The highest BCUT2D eigenvalue weighted by molar-refractivity contribution is 6.01. The van der Waals surface area contributed by atoms with Crippen LogP contribution < -0.4 is 0 Å². The van der Waals surface area contributed by atoms with Crippen molar-refractivity contribution in [2.24, 2.45) is 5.92 Å². The normalized spacial score (nSPS) is 13.2. The molecule has 0 aliphatic carbocycles. The minimum Gasteiger partial charge on any atom is -0.478 e. The molecule has 0 saturated carbocycles. The number of carboxylic acid groups (broad SMARTS) is 1. The molecule has 0 spiro atoms. The molecule has 1 N–H and O–H groups in total. The average Bonchev–Trinajstić information content (AvgIpc) is 2.63.